The number of furan rings is 1. The molecule has 8 aromatic rings. The van der Waals surface area contributed by atoms with E-state index in [1.54, 1.807) is 12.1 Å². The van der Waals surface area contributed by atoms with E-state index in [1.807, 2.05) is 36.7 Å². The summed E-state index contributed by atoms with van der Waals surface area (Å²) in [6.07, 6.45) is 5.11. The van der Waals surface area contributed by atoms with Gasteiger partial charge in [-0.2, -0.15) is 0 Å². The van der Waals surface area contributed by atoms with Gasteiger partial charge in [0.25, 0.3) is 0 Å². The van der Waals surface area contributed by atoms with Gasteiger partial charge in [0, 0.05) is 51.8 Å². The SMILES string of the molecule is Cc1cncc2c1nc(-c1[c-]ccc3c1oc1ccccc13)n2-c1c(C(C)C)cccc1C(C)C.[2H]C([2H])([2H])c1c[c-]c(-c2ccc(C([2H])([2H])[2H])cn2)cc1.[Ir]. The molecule has 0 saturated carbocycles. The Balaban J connectivity index is 0.000000217. The summed E-state index contributed by atoms with van der Waals surface area (Å²) in [7, 11) is 0. The molecule has 0 spiro atoms. The number of pyridine rings is 2. The Kier molecular flexibility index (Phi) is 8.10. The van der Waals surface area contributed by atoms with Crippen molar-refractivity contribution in [1.82, 2.24) is 19.5 Å². The average molecular weight is 839 g/mol. The fraction of sp³-hybridized carbons (Fsp3) is 0.205. The number of aromatic nitrogens is 4. The minimum Gasteiger partial charge on any atom is -0.501 e. The standard InChI is InChI=1S/C31H28N3O.C13H12N.Ir/c1-18(2)21-11-8-12-22(19(3)4)29(21)34-26-17-32-16-20(5)28(26)33-31(34)25-14-9-13-24-23-10-6-7-15-27(23)35-30(24)25;1-10-3-6-12(7-4-10)13-8-5-11(2)9-14-13;/h6-13,15-19H,1-5H3;3-6,8-9H,1-2H3;/q2*-1;/i;1D3,2D3;. The Morgan fingerprint density at radius 3 is 2.22 bits per heavy atom. The molecule has 253 valence electrons. The fourth-order valence-corrected chi connectivity index (χ4v) is 6.28. The van der Waals surface area contributed by atoms with Crippen LogP contribution in [0, 0.1) is 32.8 Å². The van der Waals surface area contributed by atoms with E-state index in [1.165, 1.54) is 41.2 Å². The molecule has 1 radical (unpaired) electrons. The summed E-state index contributed by atoms with van der Waals surface area (Å²) in [4.78, 5) is 13.8. The largest absolute Gasteiger partial charge is 0.501 e. The first kappa shape index (κ1) is 27.9. The summed E-state index contributed by atoms with van der Waals surface area (Å²) in [5.41, 5.74) is 10.8. The third-order valence-corrected chi connectivity index (χ3v) is 8.73. The minimum absolute atomic E-state index is 0. The number of imidazole rings is 1. The summed E-state index contributed by atoms with van der Waals surface area (Å²) in [6, 6.07) is 32.8. The molecule has 0 atom stereocenters. The second-order valence-corrected chi connectivity index (χ2v) is 12.8. The zero-order valence-corrected chi connectivity index (χ0v) is 30.9. The van der Waals surface area contributed by atoms with Gasteiger partial charge in [-0.05, 0) is 59.6 Å². The molecule has 0 aliphatic carbocycles. The topological polar surface area (TPSA) is 56.7 Å². The molecule has 0 aliphatic rings. The molecular weight excluding hydrogens is 793 g/mol. The smallest absolute Gasteiger partial charge is 0.120 e. The van der Waals surface area contributed by atoms with Crippen molar-refractivity contribution in [3.63, 3.8) is 0 Å². The minimum atomic E-state index is -2.18. The number of hydrogen-bond acceptors (Lipinski definition) is 4. The van der Waals surface area contributed by atoms with Crippen LogP contribution in [0.3, 0.4) is 0 Å². The van der Waals surface area contributed by atoms with Crippen LogP contribution in [0.2, 0.25) is 0 Å². The maximum atomic E-state index is 7.28. The third-order valence-electron chi connectivity index (χ3n) is 8.73. The summed E-state index contributed by atoms with van der Waals surface area (Å²) >= 11 is 0. The van der Waals surface area contributed by atoms with Crippen molar-refractivity contribution in [1.29, 1.82) is 0 Å². The van der Waals surface area contributed by atoms with Crippen molar-refractivity contribution in [3.05, 3.63) is 143 Å². The predicted octanol–water partition coefficient (Wildman–Crippen LogP) is 11.5. The zero-order chi connectivity index (χ0) is 39.2. The van der Waals surface area contributed by atoms with Gasteiger partial charge >= 0.3 is 0 Å². The second-order valence-electron chi connectivity index (χ2n) is 12.8. The number of rotatable bonds is 5. The Hall–Kier alpha value is -4.90. The van der Waals surface area contributed by atoms with Crippen molar-refractivity contribution in [2.24, 2.45) is 0 Å². The third kappa shape index (κ3) is 6.54. The van der Waals surface area contributed by atoms with Crippen LogP contribution in [0.25, 0.3) is 61.3 Å². The van der Waals surface area contributed by atoms with Gasteiger partial charge in [-0.15, -0.1) is 53.6 Å². The Morgan fingerprint density at radius 1 is 0.780 bits per heavy atom. The van der Waals surface area contributed by atoms with Gasteiger partial charge in [-0.1, -0.05) is 94.0 Å². The molecule has 0 bridgehead atoms. The van der Waals surface area contributed by atoms with Crippen LogP contribution in [-0.4, -0.2) is 19.5 Å². The van der Waals surface area contributed by atoms with Crippen molar-refractivity contribution in [3.8, 4) is 28.3 Å². The normalized spacial score (nSPS) is 13.6. The number of benzene rings is 4. The summed E-state index contributed by atoms with van der Waals surface area (Å²) in [5.74, 6) is 1.52. The molecule has 0 amide bonds. The van der Waals surface area contributed by atoms with E-state index in [2.05, 4.69) is 91.6 Å². The molecule has 0 N–H and O–H groups in total. The van der Waals surface area contributed by atoms with E-state index in [-0.39, 0.29) is 31.2 Å². The van der Waals surface area contributed by atoms with E-state index < -0.39 is 13.7 Å². The van der Waals surface area contributed by atoms with Crippen LogP contribution in [-0.2, 0) is 20.1 Å². The van der Waals surface area contributed by atoms with Crippen LogP contribution in [0.15, 0.2) is 108 Å². The predicted molar refractivity (Wildman–Crippen MR) is 201 cm³/mol. The Morgan fingerprint density at radius 2 is 1.54 bits per heavy atom. The maximum Gasteiger partial charge on any atom is 0.120 e. The zero-order valence-electron chi connectivity index (χ0n) is 34.5. The van der Waals surface area contributed by atoms with Crippen molar-refractivity contribution in [2.75, 3.05) is 0 Å². The van der Waals surface area contributed by atoms with Crippen molar-refractivity contribution < 1.29 is 32.7 Å². The fourth-order valence-electron chi connectivity index (χ4n) is 6.28. The van der Waals surface area contributed by atoms with Gasteiger partial charge in [0.15, 0.2) is 0 Å². The molecular formula is C44H40IrN4O-2. The van der Waals surface area contributed by atoms with Crippen LogP contribution < -0.4 is 0 Å². The Bertz CT molecular complexity index is 2560. The summed E-state index contributed by atoms with van der Waals surface area (Å²) in [6.45, 7) is 6.72. The van der Waals surface area contributed by atoms with E-state index in [9.17, 15) is 0 Å². The molecule has 50 heavy (non-hydrogen) atoms. The summed E-state index contributed by atoms with van der Waals surface area (Å²) < 4.78 is 52.3. The van der Waals surface area contributed by atoms with E-state index in [0.29, 0.717) is 23.1 Å². The van der Waals surface area contributed by atoms with Crippen LogP contribution >= 0.6 is 0 Å². The molecule has 6 heteroatoms. The molecule has 0 aliphatic heterocycles. The van der Waals surface area contributed by atoms with Gasteiger partial charge in [0.2, 0.25) is 0 Å². The van der Waals surface area contributed by atoms with E-state index >= 15 is 0 Å². The van der Waals surface area contributed by atoms with Crippen LogP contribution in [0.4, 0.5) is 0 Å². The van der Waals surface area contributed by atoms with Crippen molar-refractivity contribution in [2.45, 2.75) is 60.2 Å². The average Bonchev–Trinajstić information content (AvgIpc) is 3.74. The molecule has 8 rings (SSSR count). The van der Waals surface area contributed by atoms with Gasteiger partial charge < -0.3 is 14.0 Å². The number of fused-ring (bicyclic) bond motifs is 4. The maximum absolute atomic E-state index is 7.28. The quantitative estimate of drug-likeness (QED) is 0.162. The molecule has 4 aromatic heterocycles. The number of aryl methyl sites for hydroxylation is 3. The molecule has 5 nitrogen and oxygen atoms in total. The molecule has 0 unspecified atom stereocenters. The van der Waals surface area contributed by atoms with Crippen LogP contribution in [0.5, 0.6) is 0 Å². The number of hydrogen-bond donors (Lipinski definition) is 0. The second kappa shape index (κ2) is 14.5. The molecule has 4 aromatic carbocycles. The van der Waals surface area contributed by atoms with Crippen molar-refractivity contribution >= 4 is 33.0 Å². The van der Waals surface area contributed by atoms with Crippen LogP contribution in [0.1, 0.15) is 75.6 Å². The first-order chi connectivity index (χ1) is 26.1. The first-order valence-electron chi connectivity index (χ1n) is 19.4. The van der Waals surface area contributed by atoms with Gasteiger partial charge in [-0.25, -0.2) is 0 Å². The van der Waals surface area contributed by atoms with E-state index in [4.69, 9.17) is 17.6 Å². The molecule has 0 fully saturated rings. The summed E-state index contributed by atoms with van der Waals surface area (Å²) in [5, 5.41) is 2.17. The molecule has 0 saturated heterocycles. The van der Waals surface area contributed by atoms with E-state index in [0.717, 1.165) is 49.9 Å². The Labute approximate surface area is 316 Å². The van der Waals surface area contributed by atoms with Gasteiger partial charge in [0.1, 0.15) is 5.58 Å². The van der Waals surface area contributed by atoms with Gasteiger partial charge in [0.05, 0.1) is 28.6 Å². The van der Waals surface area contributed by atoms with Gasteiger partial charge in [-0.3, -0.25) is 9.97 Å². The first-order valence-corrected chi connectivity index (χ1v) is 16.4. The number of nitrogens with zero attached hydrogens (tertiary/aromatic N) is 4. The molecule has 4 heterocycles. The number of para-hydroxylation sites is 2. The monoisotopic (exact) mass is 839 g/mol.